The van der Waals surface area contributed by atoms with Gasteiger partial charge in [0.1, 0.15) is 0 Å². The number of alkyl halides is 3. The Kier molecular flexibility index (Phi) is 13.3. The molecule has 0 aromatic carbocycles. The molecule has 156 valence electrons. The number of hydrogen-bond acceptors (Lipinski definition) is 1. The highest BCUT2D eigenvalue weighted by molar-refractivity contribution is 6.76. The van der Waals surface area contributed by atoms with Crippen LogP contribution in [0.5, 0.6) is 0 Å². The van der Waals surface area contributed by atoms with E-state index < -0.39 is 20.3 Å². The van der Waals surface area contributed by atoms with E-state index in [0.29, 0.717) is 0 Å². The molecule has 0 radical (unpaired) electrons. The molecule has 0 aliphatic heterocycles. The topological polar surface area (TPSA) is 20.3 Å². The van der Waals surface area contributed by atoms with Crippen LogP contribution in [0, 0.1) is 0 Å². The van der Waals surface area contributed by atoms with Crippen LogP contribution in [0.15, 0.2) is 0 Å². The zero-order valence-corrected chi connectivity index (χ0v) is 18.4. The largest absolute Gasteiger partial charge is 0.470 e. The van der Waals surface area contributed by atoms with Gasteiger partial charge in [0.05, 0.1) is 0 Å². The van der Waals surface area contributed by atoms with Crippen LogP contribution in [0.2, 0.25) is 19.1 Å². The van der Waals surface area contributed by atoms with E-state index in [1.54, 1.807) is 0 Å². The Morgan fingerprint density at radius 1 is 0.769 bits per heavy atom. The number of rotatable bonds is 15. The van der Waals surface area contributed by atoms with Crippen LogP contribution in [0.4, 0.5) is 13.2 Å². The summed E-state index contributed by atoms with van der Waals surface area (Å²) >= 11 is 0. The minimum absolute atomic E-state index is 0.739. The standard InChI is InChI=1S/C20H40F3NOSi/c1-5-6-7-8-9-10-11-12-13-14-15-16-17-18-26(3,4)24(2)19(25)20(21,22)23/h5-18H2,1-4H3. The fourth-order valence-corrected chi connectivity index (χ4v) is 5.34. The molecule has 0 bridgehead atoms. The summed E-state index contributed by atoms with van der Waals surface area (Å²) < 4.78 is 38.6. The van der Waals surface area contributed by atoms with Gasteiger partial charge in [-0.1, -0.05) is 103 Å². The van der Waals surface area contributed by atoms with Crippen LogP contribution in [-0.4, -0.2) is 31.9 Å². The molecule has 0 fully saturated rings. The second-order valence-corrected chi connectivity index (χ2v) is 13.0. The number of hydrogen-bond donors (Lipinski definition) is 0. The van der Waals surface area contributed by atoms with Gasteiger partial charge in [0.25, 0.3) is 0 Å². The number of nitrogens with zero attached hydrogens (tertiary/aromatic N) is 1. The van der Waals surface area contributed by atoms with Crippen LogP contribution in [0.25, 0.3) is 0 Å². The van der Waals surface area contributed by atoms with Crippen LogP contribution >= 0.6 is 0 Å². The van der Waals surface area contributed by atoms with Crippen LogP contribution in [0.3, 0.4) is 0 Å². The van der Waals surface area contributed by atoms with E-state index in [9.17, 15) is 18.0 Å². The van der Waals surface area contributed by atoms with Crippen LogP contribution in [0.1, 0.15) is 90.4 Å². The Morgan fingerprint density at radius 2 is 1.12 bits per heavy atom. The smallest absolute Gasteiger partial charge is 0.365 e. The maximum Gasteiger partial charge on any atom is 0.470 e. The van der Waals surface area contributed by atoms with Gasteiger partial charge in [0.2, 0.25) is 0 Å². The number of halogens is 3. The van der Waals surface area contributed by atoms with Crippen molar-refractivity contribution < 1.29 is 18.0 Å². The van der Waals surface area contributed by atoms with Gasteiger partial charge in [-0.2, -0.15) is 13.2 Å². The highest BCUT2D eigenvalue weighted by atomic mass is 28.3. The SMILES string of the molecule is CCCCCCCCCCCCCCC[Si](C)(C)N(C)C(=O)C(F)(F)F. The zero-order valence-electron chi connectivity index (χ0n) is 17.4. The summed E-state index contributed by atoms with van der Waals surface area (Å²) in [7, 11) is -1.01. The van der Waals surface area contributed by atoms with Gasteiger partial charge in [-0.05, 0) is 6.04 Å². The van der Waals surface area contributed by atoms with Crippen molar-refractivity contribution in [2.24, 2.45) is 0 Å². The molecule has 0 spiro atoms. The fraction of sp³-hybridized carbons (Fsp3) is 0.950. The van der Waals surface area contributed by atoms with E-state index in [1.807, 2.05) is 13.1 Å². The minimum atomic E-state index is -4.75. The molecule has 0 saturated carbocycles. The van der Waals surface area contributed by atoms with E-state index in [4.69, 9.17) is 0 Å². The molecule has 0 unspecified atom stereocenters. The van der Waals surface area contributed by atoms with Gasteiger partial charge in [-0.3, -0.25) is 4.79 Å². The Bertz CT molecular complexity index is 373. The second kappa shape index (κ2) is 13.6. The van der Waals surface area contributed by atoms with E-state index in [-0.39, 0.29) is 0 Å². The van der Waals surface area contributed by atoms with Crippen molar-refractivity contribution >= 4 is 14.1 Å². The Labute approximate surface area is 160 Å². The molecular formula is C20H40F3NOSi. The highest BCUT2D eigenvalue weighted by Gasteiger charge is 2.45. The van der Waals surface area contributed by atoms with Crippen molar-refractivity contribution in [3.63, 3.8) is 0 Å². The lowest BCUT2D eigenvalue weighted by Crippen LogP contribution is -2.53. The molecule has 2 nitrogen and oxygen atoms in total. The second-order valence-electron chi connectivity index (χ2n) is 8.17. The van der Waals surface area contributed by atoms with Crippen molar-refractivity contribution in [1.29, 1.82) is 0 Å². The van der Waals surface area contributed by atoms with E-state index >= 15 is 0 Å². The molecule has 6 heteroatoms. The Morgan fingerprint density at radius 3 is 1.46 bits per heavy atom. The molecule has 0 saturated heterocycles. The van der Waals surface area contributed by atoms with Crippen molar-refractivity contribution in [2.75, 3.05) is 7.05 Å². The third-order valence-corrected chi connectivity index (χ3v) is 8.94. The van der Waals surface area contributed by atoms with E-state index in [0.717, 1.165) is 29.9 Å². The number of carbonyl (C=O) groups is 1. The van der Waals surface area contributed by atoms with Crippen LogP contribution in [-0.2, 0) is 4.79 Å². The lowest BCUT2D eigenvalue weighted by atomic mass is 10.1. The summed E-state index contributed by atoms with van der Waals surface area (Å²) in [5, 5.41) is 0. The van der Waals surface area contributed by atoms with Gasteiger partial charge in [-0.15, -0.1) is 0 Å². The molecule has 0 atom stereocenters. The molecular weight excluding hydrogens is 355 g/mol. The lowest BCUT2D eigenvalue weighted by Gasteiger charge is -2.34. The first-order chi connectivity index (χ1) is 12.1. The third-order valence-electron chi connectivity index (χ3n) is 5.35. The summed E-state index contributed by atoms with van der Waals surface area (Å²) in [4.78, 5) is 11.4. The monoisotopic (exact) mass is 395 g/mol. The van der Waals surface area contributed by atoms with E-state index in [1.165, 1.54) is 71.3 Å². The number of carbonyl (C=O) groups excluding carboxylic acids is 1. The maximum absolute atomic E-state index is 12.6. The minimum Gasteiger partial charge on any atom is -0.365 e. The van der Waals surface area contributed by atoms with Crippen molar-refractivity contribution in [2.45, 2.75) is 116 Å². The number of unbranched alkanes of at least 4 members (excludes halogenated alkanes) is 12. The highest BCUT2D eigenvalue weighted by Crippen LogP contribution is 2.25. The summed E-state index contributed by atoms with van der Waals surface area (Å²) in [5.41, 5.74) is 0. The lowest BCUT2D eigenvalue weighted by molar-refractivity contribution is -0.179. The van der Waals surface area contributed by atoms with Crippen molar-refractivity contribution in [3.05, 3.63) is 0 Å². The molecule has 0 aromatic heterocycles. The maximum atomic E-state index is 12.6. The Balaban J connectivity index is 3.63. The molecule has 0 N–H and O–H groups in total. The van der Waals surface area contributed by atoms with E-state index in [2.05, 4.69) is 6.92 Å². The summed E-state index contributed by atoms with van der Waals surface area (Å²) in [5.74, 6) is -1.69. The molecule has 1 amide bonds. The Hall–Kier alpha value is -0.523. The first-order valence-corrected chi connectivity index (χ1v) is 13.6. The van der Waals surface area contributed by atoms with Gasteiger partial charge < -0.3 is 4.57 Å². The first kappa shape index (κ1) is 25.5. The molecule has 0 aliphatic carbocycles. The molecule has 0 rings (SSSR count). The molecule has 0 aromatic rings. The quantitative estimate of drug-likeness (QED) is 0.210. The van der Waals surface area contributed by atoms with Gasteiger partial charge in [-0.25, -0.2) is 0 Å². The first-order valence-electron chi connectivity index (χ1n) is 10.5. The summed E-state index contributed by atoms with van der Waals surface area (Å²) in [6, 6.07) is 0.739. The average molecular weight is 396 g/mol. The van der Waals surface area contributed by atoms with Gasteiger partial charge in [0.15, 0.2) is 8.24 Å². The van der Waals surface area contributed by atoms with Gasteiger partial charge >= 0.3 is 12.1 Å². The summed E-state index contributed by atoms with van der Waals surface area (Å²) in [6.07, 6.45) is 11.6. The predicted octanol–water partition coefficient (Wildman–Crippen LogP) is 7.30. The number of amides is 1. The van der Waals surface area contributed by atoms with Crippen molar-refractivity contribution in [1.82, 2.24) is 4.57 Å². The average Bonchev–Trinajstić information content (AvgIpc) is 2.56. The normalized spacial score (nSPS) is 12.4. The molecule has 0 aliphatic rings. The van der Waals surface area contributed by atoms with Crippen LogP contribution < -0.4 is 0 Å². The molecule has 0 heterocycles. The fourth-order valence-electron chi connectivity index (χ4n) is 3.21. The molecule has 26 heavy (non-hydrogen) atoms. The zero-order chi connectivity index (χ0) is 20.1. The predicted molar refractivity (Wildman–Crippen MR) is 107 cm³/mol. The third kappa shape index (κ3) is 12.0. The van der Waals surface area contributed by atoms with Crippen molar-refractivity contribution in [3.8, 4) is 0 Å². The van der Waals surface area contributed by atoms with Gasteiger partial charge in [0, 0.05) is 7.05 Å². The summed E-state index contributed by atoms with van der Waals surface area (Å²) in [6.45, 7) is 5.93.